The summed E-state index contributed by atoms with van der Waals surface area (Å²) < 4.78 is 4.90. The summed E-state index contributed by atoms with van der Waals surface area (Å²) in [5.74, 6) is 0.815. The molecular weight excluding hydrogens is 162 g/mol. The van der Waals surface area contributed by atoms with Crippen LogP contribution in [-0.4, -0.2) is 30.3 Å². The SMILES string of the molecule is COCCC1=NNC(=N)SC1. The first-order valence-corrected chi connectivity index (χ1v) is 4.33. The molecule has 0 saturated heterocycles. The van der Waals surface area contributed by atoms with Crippen molar-refractivity contribution in [1.29, 1.82) is 5.41 Å². The van der Waals surface area contributed by atoms with Gasteiger partial charge in [0.15, 0.2) is 5.17 Å². The fourth-order valence-electron chi connectivity index (χ4n) is 0.698. The zero-order valence-electron chi connectivity index (χ0n) is 6.39. The van der Waals surface area contributed by atoms with Crippen LogP contribution in [0.15, 0.2) is 5.10 Å². The molecule has 2 N–H and O–H groups in total. The van der Waals surface area contributed by atoms with Crippen LogP contribution in [-0.2, 0) is 4.74 Å². The van der Waals surface area contributed by atoms with Crippen LogP contribution in [0.5, 0.6) is 0 Å². The Morgan fingerprint density at radius 3 is 3.18 bits per heavy atom. The topological polar surface area (TPSA) is 57.5 Å². The normalized spacial score (nSPS) is 17.5. The molecule has 62 valence electrons. The summed E-state index contributed by atoms with van der Waals surface area (Å²) in [5.41, 5.74) is 3.68. The number of methoxy groups -OCH3 is 1. The number of hydrazone groups is 1. The second kappa shape index (κ2) is 4.35. The van der Waals surface area contributed by atoms with Crippen LogP contribution in [0, 0.1) is 5.41 Å². The second-order valence-corrected chi connectivity index (χ2v) is 3.14. The van der Waals surface area contributed by atoms with Gasteiger partial charge in [0.1, 0.15) is 0 Å². The maximum atomic E-state index is 7.17. The smallest absolute Gasteiger partial charge is 0.174 e. The van der Waals surface area contributed by atoms with Crippen LogP contribution in [0.3, 0.4) is 0 Å². The summed E-state index contributed by atoms with van der Waals surface area (Å²) in [5, 5.41) is 11.6. The summed E-state index contributed by atoms with van der Waals surface area (Å²) in [6.07, 6.45) is 0.851. The minimum atomic E-state index is 0.422. The molecule has 0 bridgehead atoms. The van der Waals surface area contributed by atoms with E-state index in [-0.39, 0.29) is 0 Å². The predicted molar refractivity (Wildman–Crippen MR) is 47.2 cm³/mol. The van der Waals surface area contributed by atoms with Gasteiger partial charge in [-0.05, 0) is 0 Å². The highest BCUT2D eigenvalue weighted by atomic mass is 32.2. The molecule has 1 aliphatic rings. The summed E-state index contributed by atoms with van der Waals surface area (Å²) in [6.45, 7) is 0.703. The van der Waals surface area contributed by atoms with E-state index in [2.05, 4.69) is 10.5 Å². The average Bonchev–Trinajstić information content (AvgIpc) is 2.04. The van der Waals surface area contributed by atoms with Gasteiger partial charge in [0.05, 0.1) is 12.3 Å². The van der Waals surface area contributed by atoms with Crippen LogP contribution < -0.4 is 5.43 Å². The van der Waals surface area contributed by atoms with Crippen molar-refractivity contribution in [3.8, 4) is 0 Å². The van der Waals surface area contributed by atoms with Crippen LogP contribution >= 0.6 is 11.8 Å². The second-order valence-electron chi connectivity index (χ2n) is 2.15. The summed E-state index contributed by atoms with van der Waals surface area (Å²) in [6, 6.07) is 0. The van der Waals surface area contributed by atoms with Crippen molar-refractivity contribution in [2.45, 2.75) is 6.42 Å². The molecule has 1 aliphatic heterocycles. The fourth-order valence-corrected chi connectivity index (χ4v) is 1.33. The number of nitrogens with one attached hydrogen (secondary N) is 2. The van der Waals surface area contributed by atoms with Gasteiger partial charge in [0, 0.05) is 19.3 Å². The highest BCUT2D eigenvalue weighted by molar-refractivity contribution is 8.14. The van der Waals surface area contributed by atoms with E-state index < -0.39 is 0 Å². The number of amidine groups is 1. The van der Waals surface area contributed by atoms with Gasteiger partial charge in [-0.1, -0.05) is 11.8 Å². The van der Waals surface area contributed by atoms with E-state index in [0.717, 1.165) is 17.9 Å². The van der Waals surface area contributed by atoms with Gasteiger partial charge in [-0.3, -0.25) is 10.8 Å². The maximum absolute atomic E-state index is 7.17. The van der Waals surface area contributed by atoms with Gasteiger partial charge in [-0.15, -0.1) is 0 Å². The molecule has 0 radical (unpaired) electrons. The molecule has 5 heteroatoms. The van der Waals surface area contributed by atoms with Crippen molar-refractivity contribution in [2.75, 3.05) is 19.5 Å². The molecule has 0 fully saturated rings. The number of ether oxygens (including phenoxy) is 1. The van der Waals surface area contributed by atoms with E-state index in [1.165, 1.54) is 11.8 Å². The van der Waals surface area contributed by atoms with E-state index in [9.17, 15) is 0 Å². The molecule has 0 amide bonds. The number of nitrogens with zero attached hydrogens (tertiary/aromatic N) is 1. The Kier molecular flexibility index (Phi) is 3.38. The number of rotatable bonds is 3. The maximum Gasteiger partial charge on any atom is 0.174 e. The molecule has 0 atom stereocenters. The lowest BCUT2D eigenvalue weighted by molar-refractivity contribution is 0.207. The van der Waals surface area contributed by atoms with Crippen LogP contribution in [0.4, 0.5) is 0 Å². The lowest BCUT2D eigenvalue weighted by atomic mass is 10.3. The van der Waals surface area contributed by atoms with Crippen molar-refractivity contribution in [3.63, 3.8) is 0 Å². The van der Waals surface area contributed by atoms with Crippen molar-refractivity contribution < 1.29 is 4.74 Å². The Morgan fingerprint density at radius 2 is 2.64 bits per heavy atom. The monoisotopic (exact) mass is 173 g/mol. The molecule has 0 aromatic rings. The van der Waals surface area contributed by atoms with E-state index >= 15 is 0 Å². The Labute approximate surface area is 69.9 Å². The first kappa shape index (κ1) is 8.55. The molecule has 1 rings (SSSR count). The Bertz CT molecular complexity index is 181. The third kappa shape index (κ3) is 2.90. The van der Waals surface area contributed by atoms with E-state index in [0.29, 0.717) is 11.8 Å². The Hall–Kier alpha value is -0.550. The molecule has 4 nitrogen and oxygen atoms in total. The Balaban J connectivity index is 2.29. The molecule has 0 saturated carbocycles. The highest BCUT2D eigenvalue weighted by Crippen LogP contribution is 2.07. The highest BCUT2D eigenvalue weighted by Gasteiger charge is 2.08. The first-order valence-electron chi connectivity index (χ1n) is 3.34. The standard InChI is InChI=1S/C6H11N3OS/c1-10-3-2-5-4-11-6(7)9-8-5/h2-4H2,1H3,(H2,7,9). The first-order chi connectivity index (χ1) is 5.33. The molecular formula is C6H11N3OS. The molecule has 0 aliphatic carbocycles. The van der Waals surface area contributed by atoms with E-state index in [1.54, 1.807) is 7.11 Å². The minimum Gasteiger partial charge on any atom is -0.384 e. The average molecular weight is 173 g/mol. The Morgan fingerprint density at radius 1 is 1.82 bits per heavy atom. The predicted octanol–water partition coefficient (Wildman–Crippen LogP) is 0.650. The molecule has 0 unspecified atom stereocenters. The molecule has 0 aromatic carbocycles. The van der Waals surface area contributed by atoms with Crippen LogP contribution in [0.25, 0.3) is 0 Å². The van der Waals surface area contributed by atoms with E-state index in [4.69, 9.17) is 10.1 Å². The molecule has 11 heavy (non-hydrogen) atoms. The van der Waals surface area contributed by atoms with Crippen molar-refractivity contribution in [3.05, 3.63) is 0 Å². The van der Waals surface area contributed by atoms with Gasteiger partial charge in [-0.2, -0.15) is 5.10 Å². The fraction of sp³-hybridized carbons (Fsp3) is 0.667. The molecule has 1 heterocycles. The zero-order valence-corrected chi connectivity index (χ0v) is 7.20. The van der Waals surface area contributed by atoms with Gasteiger partial charge >= 0.3 is 0 Å². The third-order valence-corrected chi connectivity index (χ3v) is 2.15. The van der Waals surface area contributed by atoms with Gasteiger partial charge in [-0.25, -0.2) is 0 Å². The van der Waals surface area contributed by atoms with Crippen LogP contribution in [0.2, 0.25) is 0 Å². The summed E-state index contributed by atoms with van der Waals surface area (Å²) in [4.78, 5) is 0. The van der Waals surface area contributed by atoms with Crippen molar-refractivity contribution >= 4 is 22.6 Å². The molecule has 0 spiro atoms. The lowest BCUT2D eigenvalue weighted by Gasteiger charge is -2.12. The van der Waals surface area contributed by atoms with Crippen LogP contribution in [0.1, 0.15) is 6.42 Å². The van der Waals surface area contributed by atoms with Gasteiger partial charge in [0.2, 0.25) is 0 Å². The number of thioether (sulfide) groups is 1. The quantitative estimate of drug-likeness (QED) is 0.659. The van der Waals surface area contributed by atoms with Crippen molar-refractivity contribution in [2.24, 2.45) is 5.10 Å². The number of hydrogen-bond acceptors (Lipinski definition) is 4. The summed E-state index contributed by atoms with van der Waals surface area (Å²) in [7, 11) is 1.67. The zero-order chi connectivity index (χ0) is 8.10. The van der Waals surface area contributed by atoms with Gasteiger partial charge in [0.25, 0.3) is 0 Å². The largest absolute Gasteiger partial charge is 0.384 e. The van der Waals surface area contributed by atoms with Crippen molar-refractivity contribution in [1.82, 2.24) is 5.43 Å². The number of hydrogen-bond donors (Lipinski definition) is 2. The van der Waals surface area contributed by atoms with E-state index in [1.807, 2.05) is 0 Å². The minimum absolute atomic E-state index is 0.422. The summed E-state index contributed by atoms with van der Waals surface area (Å²) >= 11 is 1.46. The van der Waals surface area contributed by atoms with Gasteiger partial charge < -0.3 is 4.74 Å². The third-order valence-electron chi connectivity index (χ3n) is 1.29. The lowest BCUT2D eigenvalue weighted by Crippen LogP contribution is -2.24. The molecule has 0 aromatic heterocycles.